The standard InChI is InChI=1S/C18H19FN4OS/c1-4-5-16-20-12(3)17(25-16)18(24)21-15-10-11(2)22-23(15)14-8-6-13(19)7-9-14/h6-10H,4-5H2,1-3H3,(H,21,24). The number of rotatable bonds is 5. The Labute approximate surface area is 149 Å². The fourth-order valence-corrected chi connectivity index (χ4v) is 3.59. The Hall–Kier alpha value is -2.54. The Morgan fingerprint density at radius 3 is 2.68 bits per heavy atom. The summed E-state index contributed by atoms with van der Waals surface area (Å²) < 4.78 is 14.7. The van der Waals surface area contributed by atoms with E-state index in [1.165, 1.54) is 23.5 Å². The third kappa shape index (κ3) is 3.76. The van der Waals surface area contributed by atoms with Crippen molar-refractivity contribution < 1.29 is 9.18 Å². The number of amides is 1. The Balaban J connectivity index is 1.88. The Bertz CT molecular complexity index is 898. The second kappa shape index (κ2) is 7.14. The van der Waals surface area contributed by atoms with Gasteiger partial charge in [0.2, 0.25) is 0 Å². The maximum absolute atomic E-state index is 13.1. The minimum absolute atomic E-state index is 0.208. The summed E-state index contributed by atoms with van der Waals surface area (Å²) in [5.74, 6) is 0.0153. The monoisotopic (exact) mass is 358 g/mol. The number of nitrogens with one attached hydrogen (secondary N) is 1. The van der Waals surface area contributed by atoms with E-state index in [-0.39, 0.29) is 11.7 Å². The fraction of sp³-hybridized carbons (Fsp3) is 0.278. The highest BCUT2D eigenvalue weighted by Crippen LogP contribution is 2.23. The first kappa shape index (κ1) is 17.3. The van der Waals surface area contributed by atoms with Crippen LogP contribution in [-0.4, -0.2) is 20.7 Å². The number of aryl methyl sites for hydroxylation is 3. The summed E-state index contributed by atoms with van der Waals surface area (Å²) in [5.41, 5.74) is 2.17. The van der Waals surface area contributed by atoms with E-state index in [4.69, 9.17) is 0 Å². The summed E-state index contributed by atoms with van der Waals surface area (Å²) >= 11 is 1.42. The number of benzene rings is 1. The van der Waals surface area contributed by atoms with E-state index in [2.05, 4.69) is 22.3 Å². The maximum Gasteiger partial charge on any atom is 0.268 e. The molecule has 0 saturated heterocycles. The SMILES string of the molecule is CCCc1nc(C)c(C(=O)Nc2cc(C)nn2-c2ccc(F)cc2)s1. The molecule has 0 saturated carbocycles. The van der Waals surface area contributed by atoms with Gasteiger partial charge in [0, 0.05) is 6.07 Å². The van der Waals surface area contributed by atoms with Crippen LogP contribution in [0.4, 0.5) is 10.2 Å². The smallest absolute Gasteiger partial charge is 0.268 e. The van der Waals surface area contributed by atoms with Gasteiger partial charge in [0.15, 0.2) is 0 Å². The zero-order chi connectivity index (χ0) is 18.0. The molecule has 3 rings (SSSR count). The van der Waals surface area contributed by atoms with Gasteiger partial charge >= 0.3 is 0 Å². The Morgan fingerprint density at radius 1 is 1.28 bits per heavy atom. The summed E-state index contributed by atoms with van der Waals surface area (Å²) in [4.78, 5) is 17.7. The van der Waals surface area contributed by atoms with E-state index >= 15 is 0 Å². The van der Waals surface area contributed by atoms with E-state index in [9.17, 15) is 9.18 Å². The summed E-state index contributed by atoms with van der Waals surface area (Å²) in [6.45, 7) is 5.76. The van der Waals surface area contributed by atoms with Crippen molar-refractivity contribution in [1.29, 1.82) is 0 Å². The summed E-state index contributed by atoms with van der Waals surface area (Å²) in [6.07, 6.45) is 1.86. The van der Waals surface area contributed by atoms with Crippen molar-refractivity contribution in [2.75, 3.05) is 5.32 Å². The van der Waals surface area contributed by atoms with Crippen LogP contribution >= 0.6 is 11.3 Å². The van der Waals surface area contributed by atoms with Gasteiger partial charge in [0.1, 0.15) is 16.5 Å². The molecule has 0 bridgehead atoms. The number of anilines is 1. The maximum atomic E-state index is 13.1. The van der Waals surface area contributed by atoms with Gasteiger partial charge in [-0.2, -0.15) is 5.10 Å². The van der Waals surface area contributed by atoms with Crippen molar-refractivity contribution in [3.05, 3.63) is 57.4 Å². The molecule has 130 valence electrons. The first-order valence-corrected chi connectivity index (χ1v) is 8.90. The largest absolute Gasteiger partial charge is 0.306 e. The van der Waals surface area contributed by atoms with E-state index < -0.39 is 0 Å². The molecule has 0 atom stereocenters. The third-order valence-corrected chi connectivity index (χ3v) is 4.87. The first-order chi connectivity index (χ1) is 12.0. The van der Waals surface area contributed by atoms with Gasteiger partial charge in [0.05, 0.1) is 22.1 Å². The number of halogens is 1. The molecule has 0 aliphatic carbocycles. The number of hydrogen-bond donors (Lipinski definition) is 1. The molecular formula is C18H19FN4OS. The fourth-order valence-electron chi connectivity index (χ4n) is 2.52. The predicted molar refractivity (Wildman–Crippen MR) is 97.1 cm³/mol. The second-order valence-corrected chi connectivity index (χ2v) is 6.87. The first-order valence-electron chi connectivity index (χ1n) is 8.08. The number of aromatic nitrogens is 3. The molecule has 1 N–H and O–H groups in total. The van der Waals surface area contributed by atoms with Crippen LogP contribution < -0.4 is 5.32 Å². The van der Waals surface area contributed by atoms with Crippen LogP contribution in [0.1, 0.15) is 39.4 Å². The molecule has 1 amide bonds. The molecule has 3 aromatic rings. The topological polar surface area (TPSA) is 59.8 Å². The van der Waals surface area contributed by atoms with Crippen LogP contribution in [-0.2, 0) is 6.42 Å². The van der Waals surface area contributed by atoms with Gasteiger partial charge in [-0.05, 0) is 51.0 Å². The van der Waals surface area contributed by atoms with Gasteiger partial charge in [-0.1, -0.05) is 6.92 Å². The molecule has 2 heterocycles. The van der Waals surface area contributed by atoms with Crippen LogP contribution in [0.5, 0.6) is 0 Å². The van der Waals surface area contributed by atoms with Crippen LogP contribution in [0.2, 0.25) is 0 Å². The van der Waals surface area contributed by atoms with Crippen molar-refractivity contribution in [1.82, 2.24) is 14.8 Å². The number of hydrogen-bond acceptors (Lipinski definition) is 4. The number of thiazole rings is 1. The zero-order valence-electron chi connectivity index (χ0n) is 14.3. The van der Waals surface area contributed by atoms with Gasteiger partial charge in [0.25, 0.3) is 5.91 Å². The second-order valence-electron chi connectivity index (χ2n) is 5.79. The van der Waals surface area contributed by atoms with Crippen LogP contribution in [0.3, 0.4) is 0 Å². The van der Waals surface area contributed by atoms with Gasteiger partial charge in [-0.25, -0.2) is 14.1 Å². The average molecular weight is 358 g/mol. The number of carbonyl (C=O) groups excluding carboxylic acids is 1. The molecule has 0 aliphatic rings. The zero-order valence-corrected chi connectivity index (χ0v) is 15.2. The van der Waals surface area contributed by atoms with Gasteiger partial charge in [-0.15, -0.1) is 11.3 Å². The lowest BCUT2D eigenvalue weighted by molar-refractivity contribution is 0.102. The molecule has 0 spiro atoms. The highest BCUT2D eigenvalue weighted by atomic mass is 32.1. The molecule has 7 heteroatoms. The third-order valence-electron chi connectivity index (χ3n) is 3.66. The molecule has 1 aromatic carbocycles. The molecule has 0 aliphatic heterocycles. The summed E-state index contributed by atoms with van der Waals surface area (Å²) in [5, 5.41) is 8.24. The summed E-state index contributed by atoms with van der Waals surface area (Å²) in [6, 6.07) is 7.75. The lowest BCUT2D eigenvalue weighted by Gasteiger charge is -2.08. The van der Waals surface area contributed by atoms with Crippen LogP contribution in [0.15, 0.2) is 30.3 Å². The van der Waals surface area contributed by atoms with Crippen LogP contribution in [0, 0.1) is 19.7 Å². The van der Waals surface area contributed by atoms with Crippen molar-refractivity contribution in [2.24, 2.45) is 0 Å². The lowest BCUT2D eigenvalue weighted by atomic mass is 10.3. The molecule has 0 fully saturated rings. The van der Waals surface area contributed by atoms with Crippen LogP contribution in [0.25, 0.3) is 5.69 Å². The molecule has 5 nitrogen and oxygen atoms in total. The highest BCUT2D eigenvalue weighted by molar-refractivity contribution is 7.13. The number of nitrogens with zero attached hydrogens (tertiary/aromatic N) is 3. The highest BCUT2D eigenvalue weighted by Gasteiger charge is 2.18. The summed E-state index contributed by atoms with van der Waals surface area (Å²) in [7, 11) is 0. The molecule has 0 radical (unpaired) electrons. The quantitative estimate of drug-likeness (QED) is 0.740. The van der Waals surface area contributed by atoms with Crippen molar-refractivity contribution >= 4 is 23.1 Å². The van der Waals surface area contributed by atoms with Gasteiger partial charge in [-0.3, -0.25) is 4.79 Å². The van der Waals surface area contributed by atoms with Gasteiger partial charge < -0.3 is 5.32 Å². The molecule has 2 aromatic heterocycles. The van der Waals surface area contributed by atoms with E-state index in [1.54, 1.807) is 22.9 Å². The van der Waals surface area contributed by atoms with Crippen molar-refractivity contribution in [3.63, 3.8) is 0 Å². The minimum Gasteiger partial charge on any atom is -0.306 e. The van der Waals surface area contributed by atoms with Crippen molar-refractivity contribution in [2.45, 2.75) is 33.6 Å². The Kier molecular flexibility index (Phi) is 4.94. The normalized spacial score (nSPS) is 10.9. The molecule has 25 heavy (non-hydrogen) atoms. The van der Waals surface area contributed by atoms with E-state index in [0.29, 0.717) is 16.4 Å². The van der Waals surface area contributed by atoms with E-state index in [1.807, 2.05) is 13.8 Å². The predicted octanol–water partition coefficient (Wildman–Crippen LogP) is 4.29. The average Bonchev–Trinajstić information content (AvgIpc) is 3.11. The molecular weight excluding hydrogens is 339 g/mol. The van der Waals surface area contributed by atoms with Crippen molar-refractivity contribution in [3.8, 4) is 5.69 Å². The number of carbonyl (C=O) groups is 1. The Morgan fingerprint density at radius 2 is 2.00 bits per heavy atom. The minimum atomic E-state index is -0.318. The van der Waals surface area contributed by atoms with E-state index in [0.717, 1.165) is 29.2 Å². The molecule has 0 unspecified atom stereocenters. The lowest BCUT2D eigenvalue weighted by Crippen LogP contribution is -2.15.